The lowest BCUT2D eigenvalue weighted by atomic mass is 9.95. The van der Waals surface area contributed by atoms with E-state index in [1.807, 2.05) is 96.9 Å². The smallest absolute Gasteiger partial charge is 0.410 e. The van der Waals surface area contributed by atoms with Gasteiger partial charge in [-0.3, -0.25) is 5.14 Å². The molecule has 0 aromatic heterocycles. The van der Waals surface area contributed by atoms with Gasteiger partial charge in [-0.2, -0.15) is 4.40 Å². The molecule has 2 heterocycles. The minimum Gasteiger partial charge on any atom is -0.444 e. The van der Waals surface area contributed by atoms with Crippen molar-refractivity contribution in [1.82, 2.24) is 9.80 Å². The Bertz CT molecular complexity index is 1130. The molecule has 11 nitrogen and oxygen atoms in total. The molecule has 13 heteroatoms. The van der Waals surface area contributed by atoms with Crippen molar-refractivity contribution in [3.63, 3.8) is 0 Å². The van der Waals surface area contributed by atoms with Gasteiger partial charge in [-0.05, 0) is 142 Å². The van der Waals surface area contributed by atoms with Crippen molar-refractivity contribution in [2.75, 3.05) is 13.1 Å². The maximum Gasteiger partial charge on any atom is 0.410 e. The van der Waals surface area contributed by atoms with Crippen LogP contribution in [-0.4, -0.2) is 87.8 Å². The summed E-state index contributed by atoms with van der Waals surface area (Å²) >= 11 is 0. The standard InChI is InChI=1S/C17H32N2O3S.C13H23NO3.C4H11NOS/c1-15(2,3)22-14(20)19-12-13(11-17(19,7)8)9-10-18-23(21)16(4,5)6;1-12(2,3)17-11(16)14-9-10(6-7-15)8-13(14,4)5;1-4(2,3)7(5)6/h10,13H,9,11-12H2,1-8H3;7,10H,6,8-9H2,1-5H3;5H2,1-3H3/t13-,23?;10-;/m00./s1. The molecule has 2 N–H and O–H groups in total. The van der Waals surface area contributed by atoms with Crippen LogP contribution < -0.4 is 5.14 Å². The van der Waals surface area contributed by atoms with Crippen LogP contribution in [0, 0.1) is 11.8 Å². The van der Waals surface area contributed by atoms with E-state index in [9.17, 15) is 22.8 Å². The van der Waals surface area contributed by atoms with Gasteiger partial charge in [0.2, 0.25) is 0 Å². The molecule has 0 saturated carbocycles. The van der Waals surface area contributed by atoms with Crippen molar-refractivity contribution >= 4 is 46.7 Å². The summed E-state index contributed by atoms with van der Waals surface area (Å²) in [6.45, 7) is 31.8. The lowest BCUT2D eigenvalue weighted by molar-refractivity contribution is -0.108. The highest BCUT2D eigenvalue weighted by Gasteiger charge is 2.43. The fraction of sp³-hybridized carbons (Fsp3) is 0.882. The third kappa shape index (κ3) is 17.4. The van der Waals surface area contributed by atoms with Crippen LogP contribution >= 0.6 is 0 Å². The molecule has 4 atom stereocenters. The van der Waals surface area contributed by atoms with Crippen LogP contribution in [0.3, 0.4) is 0 Å². The van der Waals surface area contributed by atoms with E-state index in [4.69, 9.17) is 14.6 Å². The fourth-order valence-corrected chi connectivity index (χ4v) is 5.46. The average Bonchev–Trinajstić information content (AvgIpc) is 3.30. The SMILES string of the molecule is CC(C)(C)OC(=O)N1C[C@@H](CC=NS(=O)C(C)(C)C)CC1(C)C.CC(C)(C)OC(=O)N1C[C@@H](CC=O)CC1(C)C.CC(C)(C)S(N)=O. The van der Waals surface area contributed by atoms with E-state index in [0.29, 0.717) is 25.4 Å². The predicted molar refractivity (Wildman–Crippen MR) is 194 cm³/mol. The molecule has 276 valence electrons. The van der Waals surface area contributed by atoms with Gasteiger partial charge in [-0.25, -0.2) is 18.0 Å². The summed E-state index contributed by atoms with van der Waals surface area (Å²) in [6.07, 6.45) is 5.12. The summed E-state index contributed by atoms with van der Waals surface area (Å²) < 4.78 is 36.7. The summed E-state index contributed by atoms with van der Waals surface area (Å²) in [5, 5.41) is 5.04. The molecule has 0 aliphatic carbocycles. The van der Waals surface area contributed by atoms with E-state index in [0.717, 1.165) is 25.5 Å². The lowest BCUT2D eigenvalue weighted by Gasteiger charge is -2.33. The maximum atomic E-state index is 12.4. The number of hydrogen-bond donors (Lipinski definition) is 1. The first-order valence-electron chi connectivity index (χ1n) is 16.4. The minimum atomic E-state index is -1.22. The van der Waals surface area contributed by atoms with Crippen LogP contribution in [0.1, 0.15) is 136 Å². The molecule has 2 unspecified atom stereocenters. The number of likely N-dealkylation sites (tertiary alicyclic amines) is 2. The van der Waals surface area contributed by atoms with Crippen LogP contribution in [0.2, 0.25) is 0 Å². The zero-order valence-corrected chi connectivity index (χ0v) is 33.8. The molecule has 47 heavy (non-hydrogen) atoms. The summed E-state index contributed by atoms with van der Waals surface area (Å²) in [5.41, 5.74) is -1.42. The topological polar surface area (TPSA) is 149 Å². The molecule has 2 fully saturated rings. The molecule has 2 aliphatic heterocycles. The number of carbonyl (C=O) groups excluding carboxylic acids is 3. The zero-order chi connectivity index (χ0) is 37.4. The van der Waals surface area contributed by atoms with Gasteiger partial charge in [0.1, 0.15) is 28.5 Å². The molecule has 2 rings (SSSR count). The molecule has 2 saturated heterocycles. The summed E-state index contributed by atoms with van der Waals surface area (Å²) in [4.78, 5) is 38.5. The van der Waals surface area contributed by atoms with Crippen LogP contribution in [0.15, 0.2) is 4.40 Å². The number of aldehydes is 1. The number of nitrogens with zero attached hydrogens (tertiary/aromatic N) is 3. The molecule has 2 aliphatic rings. The van der Waals surface area contributed by atoms with Crippen molar-refractivity contribution in [1.29, 1.82) is 0 Å². The molecular formula is C34H66N4O7S2. The van der Waals surface area contributed by atoms with Gasteiger partial charge >= 0.3 is 12.2 Å². The first-order valence-corrected chi connectivity index (χ1v) is 18.7. The van der Waals surface area contributed by atoms with Gasteiger partial charge in [-0.15, -0.1) is 0 Å². The average molecular weight is 707 g/mol. The second-order valence-electron chi connectivity index (χ2n) is 17.6. The quantitative estimate of drug-likeness (QED) is 0.240. The molecule has 0 bridgehead atoms. The van der Waals surface area contributed by atoms with Gasteiger partial charge in [0.25, 0.3) is 0 Å². The first kappa shape index (κ1) is 45.1. The van der Waals surface area contributed by atoms with Crippen molar-refractivity contribution < 1.29 is 32.3 Å². The fourth-order valence-electron chi connectivity index (χ4n) is 4.92. The van der Waals surface area contributed by atoms with Gasteiger partial charge in [-0.1, -0.05) is 0 Å². The van der Waals surface area contributed by atoms with Gasteiger partial charge in [0.15, 0.2) is 0 Å². The van der Waals surface area contributed by atoms with Crippen LogP contribution in [0.25, 0.3) is 0 Å². The zero-order valence-electron chi connectivity index (χ0n) is 32.1. The number of nitrogens with two attached hydrogens (primary N) is 1. The Balaban J connectivity index is 0.000000770. The van der Waals surface area contributed by atoms with E-state index in [2.05, 4.69) is 18.2 Å². The predicted octanol–water partition coefficient (Wildman–Crippen LogP) is 6.96. The normalized spacial score (nSPS) is 22.4. The number of carbonyl (C=O) groups is 3. The largest absolute Gasteiger partial charge is 0.444 e. The molecule has 0 radical (unpaired) electrons. The highest BCUT2D eigenvalue weighted by molar-refractivity contribution is 7.85. The Morgan fingerprint density at radius 1 is 0.745 bits per heavy atom. The van der Waals surface area contributed by atoms with Crippen LogP contribution in [0.4, 0.5) is 9.59 Å². The molecular weight excluding hydrogens is 641 g/mol. The van der Waals surface area contributed by atoms with Crippen molar-refractivity contribution in [2.45, 2.75) is 168 Å². The maximum absolute atomic E-state index is 12.4. The highest BCUT2D eigenvalue weighted by Crippen LogP contribution is 2.36. The first-order chi connectivity index (χ1) is 20.8. The monoisotopic (exact) mass is 706 g/mol. The van der Waals surface area contributed by atoms with Crippen molar-refractivity contribution in [3.8, 4) is 0 Å². The van der Waals surface area contributed by atoms with E-state index in [1.165, 1.54) is 0 Å². The van der Waals surface area contributed by atoms with Crippen molar-refractivity contribution in [3.05, 3.63) is 0 Å². The molecule has 0 aromatic rings. The Hall–Kier alpha value is -1.86. The Morgan fingerprint density at radius 3 is 1.36 bits per heavy atom. The second kappa shape index (κ2) is 17.2. The van der Waals surface area contributed by atoms with Crippen LogP contribution in [0.5, 0.6) is 0 Å². The summed E-state index contributed by atoms with van der Waals surface area (Å²) in [6, 6.07) is 0. The number of ether oxygens (including phenoxy) is 2. The van der Waals surface area contributed by atoms with Gasteiger partial charge in [0.05, 0.1) is 20.5 Å². The lowest BCUT2D eigenvalue weighted by Crippen LogP contribution is -2.45. The van der Waals surface area contributed by atoms with Gasteiger partial charge < -0.3 is 24.1 Å². The number of rotatable bonds is 5. The van der Waals surface area contributed by atoms with Gasteiger partial charge in [0, 0.05) is 36.8 Å². The van der Waals surface area contributed by atoms with E-state index in [-0.39, 0.29) is 38.7 Å². The molecule has 2 amide bonds. The van der Waals surface area contributed by atoms with Crippen molar-refractivity contribution in [2.24, 2.45) is 21.4 Å². The Labute approximate surface area is 290 Å². The number of hydrogen-bond acceptors (Lipinski definition) is 7. The second-order valence-corrected chi connectivity index (χ2v) is 21.4. The van der Waals surface area contributed by atoms with E-state index < -0.39 is 33.2 Å². The highest BCUT2D eigenvalue weighted by atomic mass is 32.2. The third-order valence-corrected chi connectivity index (χ3v) is 9.91. The Kier molecular flexibility index (Phi) is 16.5. The number of amides is 2. The van der Waals surface area contributed by atoms with E-state index in [1.54, 1.807) is 16.0 Å². The minimum absolute atomic E-state index is 0.226. The summed E-state index contributed by atoms with van der Waals surface area (Å²) in [5.74, 6) is 0.577. The van der Waals surface area contributed by atoms with Crippen LogP contribution in [-0.2, 0) is 36.2 Å². The molecule has 0 spiro atoms. The summed E-state index contributed by atoms with van der Waals surface area (Å²) in [7, 11) is -2.41. The Morgan fingerprint density at radius 2 is 1.09 bits per heavy atom. The third-order valence-electron chi connectivity index (χ3n) is 7.31. The van der Waals surface area contributed by atoms with E-state index >= 15 is 0 Å². The molecule has 0 aromatic carbocycles.